The van der Waals surface area contributed by atoms with E-state index in [-0.39, 0.29) is 21.9 Å². The van der Waals surface area contributed by atoms with Gasteiger partial charge in [0.2, 0.25) is 0 Å². The molecule has 0 aromatic heterocycles. The van der Waals surface area contributed by atoms with Crippen LogP contribution in [0, 0.1) is 18.6 Å². The second-order valence-electron chi connectivity index (χ2n) is 6.42. The third-order valence-corrected chi connectivity index (χ3v) is 5.60. The number of sulfonamides is 1. The predicted octanol–water partition coefficient (Wildman–Crippen LogP) is 4.33. The third kappa shape index (κ3) is 4.74. The number of methoxy groups -OCH3 is 1. The summed E-state index contributed by atoms with van der Waals surface area (Å²) in [6.07, 6.45) is 0. The van der Waals surface area contributed by atoms with E-state index in [4.69, 9.17) is 4.74 Å². The first-order chi connectivity index (χ1) is 14.2. The first kappa shape index (κ1) is 21.3. The van der Waals surface area contributed by atoms with E-state index in [2.05, 4.69) is 10.0 Å². The van der Waals surface area contributed by atoms with Gasteiger partial charge in [-0.1, -0.05) is 17.7 Å². The van der Waals surface area contributed by atoms with E-state index in [9.17, 15) is 22.0 Å². The molecule has 0 radical (unpaired) electrons. The fourth-order valence-corrected chi connectivity index (χ4v) is 3.90. The Bertz CT molecular complexity index is 1200. The zero-order valence-corrected chi connectivity index (χ0v) is 16.9. The number of carbonyl (C=O) groups excluding carboxylic acids is 1. The van der Waals surface area contributed by atoms with Crippen molar-refractivity contribution < 1.29 is 26.7 Å². The summed E-state index contributed by atoms with van der Waals surface area (Å²) in [5, 5.41) is 2.29. The van der Waals surface area contributed by atoms with E-state index in [1.807, 2.05) is 6.92 Å². The molecule has 0 bridgehead atoms. The van der Waals surface area contributed by atoms with Crippen LogP contribution >= 0.6 is 0 Å². The highest BCUT2D eigenvalue weighted by atomic mass is 32.2. The van der Waals surface area contributed by atoms with Crippen LogP contribution in [0.25, 0.3) is 0 Å². The van der Waals surface area contributed by atoms with Gasteiger partial charge in [-0.05, 0) is 49.4 Å². The second kappa shape index (κ2) is 8.50. The van der Waals surface area contributed by atoms with Gasteiger partial charge in [0.25, 0.3) is 15.9 Å². The van der Waals surface area contributed by atoms with Gasteiger partial charge in [-0.25, -0.2) is 17.2 Å². The normalized spacial score (nSPS) is 11.1. The number of benzene rings is 3. The Morgan fingerprint density at radius 2 is 1.67 bits per heavy atom. The molecular weight excluding hydrogens is 414 g/mol. The smallest absolute Gasteiger partial charge is 0.265 e. The monoisotopic (exact) mass is 432 g/mol. The number of amides is 1. The summed E-state index contributed by atoms with van der Waals surface area (Å²) in [6.45, 7) is 1.87. The Kier molecular flexibility index (Phi) is 6.02. The lowest BCUT2D eigenvalue weighted by molar-refractivity contribution is 0.102. The number of ether oxygens (including phenoxy) is 1. The molecular formula is C21H18F2N2O4S. The summed E-state index contributed by atoms with van der Waals surface area (Å²) in [5.41, 5.74) is 1.01. The molecule has 0 spiro atoms. The molecule has 0 heterocycles. The van der Waals surface area contributed by atoms with E-state index < -0.39 is 27.6 Å². The van der Waals surface area contributed by atoms with Gasteiger partial charge >= 0.3 is 0 Å². The molecule has 3 aromatic carbocycles. The van der Waals surface area contributed by atoms with Crippen LogP contribution in [0.1, 0.15) is 15.9 Å². The lowest BCUT2D eigenvalue weighted by Gasteiger charge is -2.13. The molecule has 0 aliphatic rings. The van der Waals surface area contributed by atoms with E-state index in [1.165, 1.54) is 19.2 Å². The van der Waals surface area contributed by atoms with Crippen molar-refractivity contribution >= 4 is 27.3 Å². The van der Waals surface area contributed by atoms with Crippen LogP contribution in [-0.2, 0) is 10.0 Å². The molecule has 156 valence electrons. The van der Waals surface area contributed by atoms with Gasteiger partial charge in [-0.15, -0.1) is 0 Å². The number of hydrogen-bond acceptors (Lipinski definition) is 4. The fourth-order valence-electron chi connectivity index (χ4n) is 2.65. The van der Waals surface area contributed by atoms with Crippen molar-refractivity contribution in [2.75, 3.05) is 17.1 Å². The highest BCUT2D eigenvalue weighted by Gasteiger charge is 2.22. The number of carbonyl (C=O) groups is 1. The van der Waals surface area contributed by atoms with Gasteiger partial charge in [0.15, 0.2) is 0 Å². The zero-order chi connectivity index (χ0) is 21.9. The summed E-state index contributed by atoms with van der Waals surface area (Å²) in [7, 11) is -2.79. The van der Waals surface area contributed by atoms with Crippen LogP contribution in [0.2, 0.25) is 0 Å². The van der Waals surface area contributed by atoms with Crippen LogP contribution in [0.3, 0.4) is 0 Å². The highest BCUT2D eigenvalue weighted by Crippen LogP contribution is 2.28. The number of hydrogen-bond donors (Lipinski definition) is 2. The van der Waals surface area contributed by atoms with Crippen LogP contribution in [0.4, 0.5) is 20.2 Å². The summed E-state index contributed by atoms with van der Waals surface area (Å²) in [5.74, 6) is -2.48. The van der Waals surface area contributed by atoms with Gasteiger partial charge in [-0.2, -0.15) is 0 Å². The van der Waals surface area contributed by atoms with Crippen molar-refractivity contribution in [2.24, 2.45) is 0 Å². The second-order valence-corrected chi connectivity index (χ2v) is 8.07. The maximum Gasteiger partial charge on any atom is 0.265 e. The summed E-state index contributed by atoms with van der Waals surface area (Å²) >= 11 is 0. The Labute approximate surface area is 172 Å². The minimum atomic E-state index is -4.09. The number of aryl methyl sites for hydroxylation is 1. The molecule has 3 aromatic rings. The van der Waals surface area contributed by atoms with Gasteiger partial charge in [0, 0.05) is 17.3 Å². The SMILES string of the molecule is COc1ccc(C(=O)Nc2ccc(F)cc2F)cc1S(=O)(=O)Nc1ccc(C)cc1. The molecule has 0 fully saturated rings. The predicted molar refractivity (Wildman–Crippen MR) is 109 cm³/mol. The van der Waals surface area contributed by atoms with Crippen molar-refractivity contribution in [1.29, 1.82) is 0 Å². The van der Waals surface area contributed by atoms with Crippen LogP contribution in [-0.4, -0.2) is 21.4 Å². The minimum absolute atomic E-state index is 0.0270. The van der Waals surface area contributed by atoms with E-state index in [1.54, 1.807) is 24.3 Å². The maximum absolute atomic E-state index is 13.8. The van der Waals surface area contributed by atoms with E-state index in [0.717, 1.165) is 23.8 Å². The van der Waals surface area contributed by atoms with Crippen LogP contribution in [0.15, 0.2) is 65.6 Å². The third-order valence-electron chi connectivity index (χ3n) is 4.20. The first-order valence-electron chi connectivity index (χ1n) is 8.73. The highest BCUT2D eigenvalue weighted by molar-refractivity contribution is 7.92. The van der Waals surface area contributed by atoms with Crippen molar-refractivity contribution in [2.45, 2.75) is 11.8 Å². The molecule has 0 atom stereocenters. The summed E-state index contributed by atoms with van der Waals surface area (Å²) in [6, 6.07) is 13.2. The number of nitrogens with one attached hydrogen (secondary N) is 2. The maximum atomic E-state index is 13.8. The topological polar surface area (TPSA) is 84.5 Å². The Morgan fingerprint density at radius 3 is 2.30 bits per heavy atom. The Hall–Kier alpha value is -3.46. The molecule has 3 rings (SSSR count). The molecule has 6 nitrogen and oxygen atoms in total. The molecule has 0 saturated carbocycles. The number of rotatable bonds is 6. The lowest BCUT2D eigenvalue weighted by atomic mass is 10.2. The van der Waals surface area contributed by atoms with E-state index in [0.29, 0.717) is 11.8 Å². The molecule has 0 unspecified atom stereocenters. The molecule has 30 heavy (non-hydrogen) atoms. The van der Waals surface area contributed by atoms with Crippen molar-refractivity contribution in [3.63, 3.8) is 0 Å². The largest absolute Gasteiger partial charge is 0.495 e. The molecule has 2 N–H and O–H groups in total. The van der Waals surface area contributed by atoms with Gasteiger partial charge < -0.3 is 10.1 Å². The van der Waals surface area contributed by atoms with E-state index >= 15 is 0 Å². The zero-order valence-electron chi connectivity index (χ0n) is 16.1. The lowest BCUT2D eigenvalue weighted by Crippen LogP contribution is -2.17. The molecule has 0 aliphatic heterocycles. The molecule has 1 amide bonds. The van der Waals surface area contributed by atoms with Gasteiger partial charge in [0.1, 0.15) is 22.3 Å². The molecule has 0 aliphatic carbocycles. The first-order valence-corrected chi connectivity index (χ1v) is 10.2. The Balaban J connectivity index is 1.92. The number of halogens is 2. The fraction of sp³-hybridized carbons (Fsp3) is 0.0952. The summed E-state index contributed by atoms with van der Waals surface area (Å²) < 4.78 is 60.1. The Morgan fingerprint density at radius 1 is 0.967 bits per heavy atom. The summed E-state index contributed by atoms with van der Waals surface area (Å²) in [4.78, 5) is 12.2. The minimum Gasteiger partial charge on any atom is -0.495 e. The molecule has 9 heteroatoms. The molecule has 0 saturated heterocycles. The van der Waals surface area contributed by atoms with Crippen LogP contribution in [0.5, 0.6) is 5.75 Å². The quantitative estimate of drug-likeness (QED) is 0.607. The van der Waals surface area contributed by atoms with Crippen molar-refractivity contribution in [1.82, 2.24) is 0 Å². The van der Waals surface area contributed by atoms with Gasteiger partial charge in [0.05, 0.1) is 12.8 Å². The average molecular weight is 432 g/mol. The standard InChI is InChI=1S/C21H18F2N2O4S/c1-13-3-7-16(8-4-13)25-30(27,28)20-11-14(5-10-19(20)29-2)21(26)24-18-9-6-15(22)12-17(18)23/h3-12,25H,1-2H3,(H,24,26). The van der Waals surface area contributed by atoms with Gasteiger partial charge in [-0.3, -0.25) is 9.52 Å². The average Bonchev–Trinajstić information content (AvgIpc) is 2.71. The number of anilines is 2. The van der Waals surface area contributed by atoms with Crippen molar-refractivity contribution in [3.8, 4) is 5.75 Å². The van der Waals surface area contributed by atoms with Crippen molar-refractivity contribution in [3.05, 3.63) is 83.4 Å². The van der Waals surface area contributed by atoms with Crippen LogP contribution < -0.4 is 14.8 Å².